The topological polar surface area (TPSA) is 34.6 Å². The second kappa shape index (κ2) is 6.61. The quantitative estimate of drug-likeness (QED) is 0.706. The van der Waals surface area contributed by atoms with Crippen LogP contribution in [0.15, 0.2) is 54.6 Å². The van der Waals surface area contributed by atoms with Crippen LogP contribution in [0.2, 0.25) is 0 Å². The number of hydrogen-bond acceptors (Lipinski definition) is 4. The highest BCUT2D eigenvalue weighted by Crippen LogP contribution is 2.38. The maximum Gasteiger partial charge on any atom is 0.161 e. The summed E-state index contributed by atoms with van der Waals surface area (Å²) in [6.07, 6.45) is 2.39. The van der Waals surface area contributed by atoms with Crippen LogP contribution < -0.4 is 9.47 Å². The number of likely N-dealkylation sites (tertiary alicyclic amines) is 1. The van der Waals surface area contributed by atoms with Gasteiger partial charge < -0.3 is 9.47 Å². The molecule has 2 aromatic carbocycles. The van der Waals surface area contributed by atoms with Crippen LogP contribution >= 0.6 is 0 Å². The molecule has 1 aromatic heterocycles. The fraction of sp³-hybridized carbons (Fsp3) is 0.318. The van der Waals surface area contributed by atoms with Crippen molar-refractivity contribution in [3.05, 3.63) is 65.9 Å². The Hall–Kier alpha value is -2.59. The summed E-state index contributed by atoms with van der Waals surface area (Å²) in [7, 11) is 0. The van der Waals surface area contributed by atoms with Gasteiger partial charge in [0.1, 0.15) is 13.2 Å². The number of ether oxygens (including phenoxy) is 2. The van der Waals surface area contributed by atoms with Gasteiger partial charge in [0.15, 0.2) is 11.5 Å². The van der Waals surface area contributed by atoms with E-state index in [2.05, 4.69) is 53.4 Å². The van der Waals surface area contributed by atoms with E-state index in [1.807, 2.05) is 6.07 Å². The lowest BCUT2D eigenvalue weighted by molar-refractivity contribution is 0.170. The lowest BCUT2D eigenvalue weighted by Crippen LogP contribution is -2.23. The van der Waals surface area contributed by atoms with Crippen LogP contribution in [0.3, 0.4) is 0 Å². The molecule has 1 fully saturated rings. The fourth-order valence-corrected chi connectivity index (χ4v) is 4.06. The van der Waals surface area contributed by atoms with Gasteiger partial charge in [-0.05, 0) is 49.2 Å². The molecular formula is C22H22N2O2. The Morgan fingerprint density at radius 3 is 2.81 bits per heavy atom. The SMILES string of the molecule is c1ccc2nc(CN3CCC[C@@H]3c3ccc4c(c3)OCCO4)ccc2c1. The van der Waals surface area contributed by atoms with Gasteiger partial charge in [-0.3, -0.25) is 9.88 Å². The minimum atomic E-state index is 0.416. The molecule has 1 atom stereocenters. The number of benzene rings is 2. The molecule has 0 unspecified atom stereocenters. The van der Waals surface area contributed by atoms with Crippen molar-refractivity contribution in [2.24, 2.45) is 0 Å². The summed E-state index contributed by atoms with van der Waals surface area (Å²) in [4.78, 5) is 7.38. The molecule has 0 spiro atoms. The molecule has 2 aliphatic rings. The first-order chi connectivity index (χ1) is 12.9. The van der Waals surface area contributed by atoms with Crippen LogP contribution in [0.4, 0.5) is 0 Å². The van der Waals surface area contributed by atoms with E-state index in [1.165, 1.54) is 23.8 Å². The molecule has 3 aromatic rings. The first kappa shape index (κ1) is 15.6. The molecule has 3 heterocycles. The largest absolute Gasteiger partial charge is 0.486 e. The second-order valence-electron chi connectivity index (χ2n) is 7.03. The van der Waals surface area contributed by atoms with E-state index in [1.54, 1.807) is 0 Å². The summed E-state index contributed by atoms with van der Waals surface area (Å²) in [5, 5.41) is 1.20. The standard InChI is InChI=1S/C22H22N2O2/c1-2-5-19-16(4-1)7-9-18(23-19)15-24-11-3-6-20(24)17-8-10-21-22(14-17)26-13-12-25-21/h1-2,4-5,7-10,14,20H,3,6,11-13,15H2/t20-/m1/s1. The van der Waals surface area contributed by atoms with E-state index in [9.17, 15) is 0 Å². The molecule has 0 aliphatic carbocycles. The molecule has 1 saturated heterocycles. The normalized spacial score (nSPS) is 19.8. The summed E-state index contributed by atoms with van der Waals surface area (Å²) >= 11 is 0. The Labute approximate surface area is 153 Å². The number of fused-ring (bicyclic) bond motifs is 2. The third-order valence-electron chi connectivity index (χ3n) is 5.34. The van der Waals surface area contributed by atoms with Crippen molar-refractivity contribution in [1.82, 2.24) is 9.88 Å². The highest BCUT2D eigenvalue weighted by atomic mass is 16.6. The van der Waals surface area contributed by atoms with E-state index in [0.29, 0.717) is 19.3 Å². The predicted molar refractivity (Wildman–Crippen MR) is 102 cm³/mol. The summed E-state index contributed by atoms with van der Waals surface area (Å²) in [5.41, 5.74) is 3.51. The Bertz CT molecular complexity index is 940. The fourth-order valence-electron chi connectivity index (χ4n) is 4.06. The molecule has 4 heteroatoms. The van der Waals surface area contributed by atoms with Gasteiger partial charge >= 0.3 is 0 Å². The molecular weight excluding hydrogens is 324 g/mol. The Balaban J connectivity index is 1.39. The van der Waals surface area contributed by atoms with E-state index in [0.717, 1.165) is 35.8 Å². The molecule has 2 aliphatic heterocycles. The van der Waals surface area contributed by atoms with Crippen LogP contribution in [-0.2, 0) is 6.54 Å². The van der Waals surface area contributed by atoms with E-state index < -0.39 is 0 Å². The zero-order valence-corrected chi connectivity index (χ0v) is 14.7. The highest BCUT2D eigenvalue weighted by molar-refractivity contribution is 5.78. The van der Waals surface area contributed by atoms with Gasteiger partial charge in [-0.15, -0.1) is 0 Å². The Kier molecular flexibility index (Phi) is 3.98. The minimum Gasteiger partial charge on any atom is -0.486 e. The van der Waals surface area contributed by atoms with Crippen LogP contribution in [0.1, 0.15) is 30.1 Å². The third-order valence-corrected chi connectivity index (χ3v) is 5.34. The van der Waals surface area contributed by atoms with Gasteiger partial charge in [0.25, 0.3) is 0 Å². The molecule has 5 rings (SSSR count). The van der Waals surface area contributed by atoms with Crippen molar-refractivity contribution >= 4 is 10.9 Å². The van der Waals surface area contributed by atoms with Crippen molar-refractivity contribution in [2.45, 2.75) is 25.4 Å². The molecule has 4 nitrogen and oxygen atoms in total. The number of aromatic nitrogens is 1. The van der Waals surface area contributed by atoms with Crippen molar-refractivity contribution in [3.8, 4) is 11.5 Å². The summed E-state index contributed by atoms with van der Waals surface area (Å²) < 4.78 is 11.4. The first-order valence-electron chi connectivity index (χ1n) is 9.35. The van der Waals surface area contributed by atoms with E-state index in [4.69, 9.17) is 14.5 Å². The Morgan fingerprint density at radius 1 is 0.962 bits per heavy atom. The average molecular weight is 346 g/mol. The van der Waals surface area contributed by atoms with Gasteiger partial charge in [0.05, 0.1) is 11.2 Å². The van der Waals surface area contributed by atoms with Gasteiger partial charge in [-0.1, -0.05) is 30.3 Å². The summed E-state index contributed by atoms with van der Waals surface area (Å²) in [6.45, 7) is 3.25. The van der Waals surface area contributed by atoms with Crippen LogP contribution in [0, 0.1) is 0 Å². The first-order valence-corrected chi connectivity index (χ1v) is 9.35. The van der Waals surface area contributed by atoms with Gasteiger partial charge in [0, 0.05) is 18.0 Å². The number of nitrogens with zero attached hydrogens (tertiary/aromatic N) is 2. The zero-order chi connectivity index (χ0) is 17.3. The monoisotopic (exact) mass is 346 g/mol. The smallest absolute Gasteiger partial charge is 0.161 e. The minimum absolute atomic E-state index is 0.416. The molecule has 0 saturated carbocycles. The van der Waals surface area contributed by atoms with E-state index in [-0.39, 0.29) is 0 Å². The molecule has 0 N–H and O–H groups in total. The van der Waals surface area contributed by atoms with Crippen molar-refractivity contribution in [1.29, 1.82) is 0 Å². The van der Waals surface area contributed by atoms with Crippen molar-refractivity contribution in [3.63, 3.8) is 0 Å². The maximum atomic E-state index is 5.77. The molecule has 26 heavy (non-hydrogen) atoms. The summed E-state index contributed by atoms with van der Waals surface area (Å²) in [6, 6.07) is 19.4. The molecule has 0 bridgehead atoms. The summed E-state index contributed by atoms with van der Waals surface area (Å²) in [5.74, 6) is 1.74. The molecule has 132 valence electrons. The van der Waals surface area contributed by atoms with Crippen LogP contribution in [-0.4, -0.2) is 29.6 Å². The molecule has 0 amide bonds. The van der Waals surface area contributed by atoms with Gasteiger partial charge in [-0.2, -0.15) is 0 Å². The number of para-hydroxylation sites is 1. The second-order valence-corrected chi connectivity index (χ2v) is 7.03. The Morgan fingerprint density at radius 2 is 1.85 bits per heavy atom. The maximum absolute atomic E-state index is 5.77. The van der Waals surface area contributed by atoms with Crippen molar-refractivity contribution < 1.29 is 9.47 Å². The van der Waals surface area contributed by atoms with Gasteiger partial charge in [-0.25, -0.2) is 0 Å². The van der Waals surface area contributed by atoms with Crippen molar-refractivity contribution in [2.75, 3.05) is 19.8 Å². The van der Waals surface area contributed by atoms with E-state index >= 15 is 0 Å². The third kappa shape index (κ3) is 2.90. The number of hydrogen-bond donors (Lipinski definition) is 0. The number of pyridine rings is 1. The lowest BCUT2D eigenvalue weighted by Gasteiger charge is -2.26. The van der Waals surface area contributed by atoms with Crippen LogP contribution in [0.25, 0.3) is 10.9 Å². The number of rotatable bonds is 3. The van der Waals surface area contributed by atoms with Gasteiger partial charge in [0.2, 0.25) is 0 Å². The predicted octanol–water partition coefficient (Wildman–Crippen LogP) is 4.34. The molecule has 0 radical (unpaired) electrons. The zero-order valence-electron chi connectivity index (χ0n) is 14.7. The lowest BCUT2D eigenvalue weighted by atomic mass is 10.0. The average Bonchev–Trinajstić information content (AvgIpc) is 3.15. The van der Waals surface area contributed by atoms with Crippen LogP contribution in [0.5, 0.6) is 11.5 Å². The highest BCUT2D eigenvalue weighted by Gasteiger charge is 2.27.